The highest BCUT2D eigenvalue weighted by Crippen LogP contribution is 2.29. The molecule has 0 saturated carbocycles. The Morgan fingerprint density at radius 3 is 2.38 bits per heavy atom. The van der Waals surface area contributed by atoms with E-state index in [2.05, 4.69) is 85.1 Å². The van der Waals surface area contributed by atoms with Crippen LogP contribution in [0.15, 0.2) is 18.2 Å². The lowest BCUT2D eigenvalue weighted by Gasteiger charge is -2.40. The first-order valence-electron chi connectivity index (χ1n) is 9.67. The minimum Gasteiger partial charge on any atom is -0.369 e. The number of hydrogen-bond acceptors (Lipinski definition) is 5. The maximum Gasteiger partial charge on any atom is 0.168 e. The summed E-state index contributed by atoms with van der Waals surface area (Å²) in [5.74, 6) is 0.986. The molecule has 0 bridgehead atoms. The second-order valence-electron chi connectivity index (χ2n) is 8.29. The normalized spacial score (nSPS) is 17.5. The molecule has 3 rings (SSSR count). The molecule has 1 aliphatic rings. The van der Waals surface area contributed by atoms with Crippen molar-refractivity contribution in [2.24, 2.45) is 0 Å². The SMILES string of the molecule is CC[C@H](c1nnnn1C(C)(C)C)N1CCN(c2cccc(C)c2C)CC1. The van der Waals surface area contributed by atoms with Crippen molar-refractivity contribution >= 4 is 5.69 Å². The molecule has 1 saturated heterocycles. The van der Waals surface area contributed by atoms with Gasteiger partial charge in [0.05, 0.1) is 11.6 Å². The Morgan fingerprint density at radius 1 is 1.08 bits per heavy atom. The van der Waals surface area contributed by atoms with Gasteiger partial charge in [0.15, 0.2) is 5.82 Å². The molecule has 0 spiro atoms. The van der Waals surface area contributed by atoms with Gasteiger partial charge in [-0.15, -0.1) is 5.10 Å². The van der Waals surface area contributed by atoms with Crippen molar-refractivity contribution in [3.63, 3.8) is 0 Å². The molecule has 1 aliphatic heterocycles. The Hall–Kier alpha value is -1.95. The number of rotatable bonds is 4. The van der Waals surface area contributed by atoms with E-state index in [1.165, 1.54) is 16.8 Å². The van der Waals surface area contributed by atoms with Crippen LogP contribution < -0.4 is 4.90 Å². The molecule has 1 aromatic carbocycles. The monoisotopic (exact) mass is 356 g/mol. The van der Waals surface area contributed by atoms with Crippen LogP contribution in [-0.4, -0.2) is 51.3 Å². The topological polar surface area (TPSA) is 50.1 Å². The van der Waals surface area contributed by atoms with Gasteiger partial charge in [-0.2, -0.15) is 0 Å². The van der Waals surface area contributed by atoms with Gasteiger partial charge in [-0.3, -0.25) is 4.90 Å². The van der Waals surface area contributed by atoms with Crippen molar-refractivity contribution in [3.05, 3.63) is 35.2 Å². The summed E-state index contributed by atoms with van der Waals surface area (Å²) in [5, 5.41) is 12.6. The molecule has 0 amide bonds. The Labute approximate surface area is 157 Å². The zero-order chi connectivity index (χ0) is 18.9. The molecule has 2 aromatic rings. The highest BCUT2D eigenvalue weighted by molar-refractivity contribution is 5.56. The number of aromatic nitrogens is 4. The molecular formula is C20H32N6. The van der Waals surface area contributed by atoms with Gasteiger partial charge in [0.25, 0.3) is 0 Å². The van der Waals surface area contributed by atoms with Gasteiger partial charge in [0, 0.05) is 31.9 Å². The smallest absolute Gasteiger partial charge is 0.168 e. The molecular weight excluding hydrogens is 324 g/mol. The lowest BCUT2D eigenvalue weighted by atomic mass is 10.1. The minimum atomic E-state index is -0.104. The third kappa shape index (κ3) is 3.61. The zero-order valence-corrected chi connectivity index (χ0v) is 17.0. The Bertz CT molecular complexity index is 737. The molecule has 0 radical (unpaired) electrons. The molecule has 6 nitrogen and oxygen atoms in total. The van der Waals surface area contributed by atoms with E-state index in [0.29, 0.717) is 0 Å². The van der Waals surface area contributed by atoms with E-state index in [1.807, 2.05) is 4.68 Å². The fourth-order valence-corrected chi connectivity index (χ4v) is 3.84. The molecule has 1 aromatic heterocycles. The number of anilines is 1. The second-order valence-corrected chi connectivity index (χ2v) is 8.29. The third-order valence-corrected chi connectivity index (χ3v) is 5.49. The van der Waals surface area contributed by atoms with Crippen molar-refractivity contribution in [2.75, 3.05) is 31.1 Å². The molecule has 1 atom stereocenters. The lowest BCUT2D eigenvalue weighted by Crippen LogP contribution is -2.48. The summed E-state index contributed by atoms with van der Waals surface area (Å²) in [4.78, 5) is 5.05. The molecule has 6 heteroatoms. The first kappa shape index (κ1) is 18.8. The van der Waals surface area contributed by atoms with Gasteiger partial charge in [0.2, 0.25) is 0 Å². The summed E-state index contributed by atoms with van der Waals surface area (Å²) in [7, 11) is 0. The first-order valence-corrected chi connectivity index (χ1v) is 9.67. The molecule has 142 valence electrons. The van der Waals surface area contributed by atoms with E-state index >= 15 is 0 Å². The van der Waals surface area contributed by atoms with Crippen molar-refractivity contribution in [2.45, 2.75) is 59.5 Å². The van der Waals surface area contributed by atoms with Crippen LogP contribution in [0.1, 0.15) is 57.1 Å². The summed E-state index contributed by atoms with van der Waals surface area (Å²) in [6, 6.07) is 6.87. The van der Waals surface area contributed by atoms with E-state index in [0.717, 1.165) is 38.4 Å². The van der Waals surface area contributed by atoms with E-state index < -0.39 is 0 Å². The average Bonchev–Trinajstić information content (AvgIpc) is 3.09. The van der Waals surface area contributed by atoms with Gasteiger partial charge >= 0.3 is 0 Å². The number of hydrogen-bond donors (Lipinski definition) is 0. The van der Waals surface area contributed by atoms with Crippen LogP contribution in [-0.2, 0) is 5.54 Å². The van der Waals surface area contributed by atoms with Crippen LogP contribution in [0.2, 0.25) is 0 Å². The van der Waals surface area contributed by atoms with Crippen LogP contribution in [0, 0.1) is 13.8 Å². The van der Waals surface area contributed by atoms with Crippen LogP contribution in [0.4, 0.5) is 5.69 Å². The van der Waals surface area contributed by atoms with Gasteiger partial charge in [-0.25, -0.2) is 4.68 Å². The molecule has 1 fully saturated rings. The number of nitrogens with zero attached hydrogens (tertiary/aromatic N) is 6. The van der Waals surface area contributed by atoms with Crippen molar-refractivity contribution in [3.8, 4) is 0 Å². The minimum absolute atomic E-state index is 0.104. The molecule has 0 N–H and O–H groups in total. The number of tetrazole rings is 1. The fraction of sp³-hybridized carbons (Fsp3) is 0.650. The maximum absolute atomic E-state index is 4.38. The number of aryl methyl sites for hydroxylation is 1. The number of piperazine rings is 1. The van der Waals surface area contributed by atoms with E-state index in [-0.39, 0.29) is 11.6 Å². The molecule has 0 aliphatic carbocycles. The maximum atomic E-state index is 4.38. The Balaban J connectivity index is 1.74. The van der Waals surface area contributed by atoms with Gasteiger partial charge < -0.3 is 4.90 Å². The van der Waals surface area contributed by atoms with Crippen LogP contribution in [0.5, 0.6) is 0 Å². The molecule has 2 heterocycles. The predicted octanol–water partition coefficient (Wildman–Crippen LogP) is 3.32. The largest absolute Gasteiger partial charge is 0.369 e. The van der Waals surface area contributed by atoms with Crippen molar-refractivity contribution < 1.29 is 0 Å². The number of benzene rings is 1. The predicted molar refractivity (Wildman–Crippen MR) is 106 cm³/mol. The lowest BCUT2D eigenvalue weighted by molar-refractivity contribution is 0.161. The summed E-state index contributed by atoms with van der Waals surface area (Å²) < 4.78 is 1.98. The quantitative estimate of drug-likeness (QED) is 0.841. The van der Waals surface area contributed by atoms with E-state index in [4.69, 9.17) is 0 Å². The van der Waals surface area contributed by atoms with Crippen LogP contribution in [0.25, 0.3) is 0 Å². The van der Waals surface area contributed by atoms with Crippen LogP contribution in [0.3, 0.4) is 0 Å². The van der Waals surface area contributed by atoms with Crippen molar-refractivity contribution in [1.82, 2.24) is 25.1 Å². The second kappa shape index (κ2) is 7.35. The average molecular weight is 357 g/mol. The highest BCUT2D eigenvalue weighted by atomic mass is 15.6. The third-order valence-electron chi connectivity index (χ3n) is 5.49. The zero-order valence-electron chi connectivity index (χ0n) is 17.0. The highest BCUT2D eigenvalue weighted by Gasteiger charge is 2.31. The Morgan fingerprint density at radius 2 is 1.77 bits per heavy atom. The summed E-state index contributed by atoms with van der Waals surface area (Å²) in [6.07, 6.45) is 1.01. The van der Waals surface area contributed by atoms with Crippen LogP contribution >= 0.6 is 0 Å². The Kier molecular flexibility index (Phi) is 5.32. The van der Waals surface area contributed by atoms with Gasteiger partial charge in [-0.1, -0.05) is 19.1 Å². The summed E-state index contributed by atoms with van der Waals surface area (Å²) in [6.45, 7) is 17.2. The molecule has 26 heavy (non-hydrogen) atoms. The van der Waals surface area contributed by atoms with Gasteiger partial charge in [-0.05, 0) is 68.7 Å². The van der Waals surface area contributed by atoms with Crippen molar-refractivity contribution in [1.29, 1.82) is 0 Å². The standard InChI is InChI=1S/C20H32N6/c1-7-17(19-21-22-23-26(19)20(4,5)6)24-11-13-25(14-12-24)18-10-8-9-15(2)16(18)3/h8-10,17H,7,11-14H2,1-6H3/t17-/m1/s1. The van der Waals surface area contributed by atoms with E-state index in [9.17, 15) is 0 Å². The molecule has 0 unspecified atom stereocenters. The summed E-state index contributed by atoms with van der Waals surface area (Å²) in [5.41, 5.74) is 4.02. The first-order chi connectivity index (χ1) is 12.3. The van der Waals surface area contributed by atoms with E-state index in [1.54, 1.807) is 0 Å². The fourth-order valence-electron chi connectivity index (χ4n) is 3.84. The summed E-state index contributed by atoms with van der Waals surface area (Å²) >= 11 is 0. The van der Waals surface area contributed by atoms with Gasteiger partial charge in [0.1, 0.15) is 0 Å².